The Hall–Kier alpha value is -1.30. The molecule has 1 aliphatic carbocycles. The molecule has 1 atom stereocenters. The van der Waals surface area contributed by atoms with E-state index in [9.17, 15) is 9.90 Å². The molecule has 0 radical (unpaired) electrons. The topological polar surface area (TPSA) is 70.6 Å². The highest BCUT2D eigenvalue weighted by molar-refractivity contribution is 6.30. The van der Waals surface area contributed by atoms with Crippen LogP contribution in [0.25, 0.3) is 0 Å². The molecule has 0 saturated heterocycles. The fraction of sp³-hybridized carbons (Fsp3) is 0.500. The first-order chi connectivity index (χ1) is 9.63. The molecular weight excluding hydrogens is 280 g/mol. The highest BCUT2D eigenvalue weighted by atomic mass is 35.5. The number of urea groups is 1. The number of anilines is 1. The van der Waals surface area contributed by atoms with Crippen molar-refractivity contribution in [3.63, 3.8) is 0 Å². The van der Waals surface area contributed by atoms with E-state index < -0.39 is 6.10 Å². The summed E-state index contributed by atoms with van der Waals surface area (Å²) in [5.41, 5.74) is 0.645. The van der Waals surface area contributed by atoms with Crippen LogP contribution in [-0.4, -0.2) is 37.0 Å². The van der Waals surface area contributed by atoms with E-state index in [0.717, 1.165) is 0 Å². The summed E-state index contributed by atoms with van der Waals surface area (Å²) in [6.07, 6.45) is 1.75. The molecule has 110 valence electrons. The highest BCUT2D eigenvalue weighted by Gasteiger charge is 2.21. The third-order valence-electron chi connectivity index (χ3n) is 2.96. The second-order valence-electron chi connectivity index (χ2n) is 4.98. The van der Waals surface area contributed by atoms with Crippen molar-refractivity contribution in [2.24, 2.45) is 5.92 Å². The van der Waals surface area contributed by atoms with Gasteiger partial charge in [0.05, 0.1) is 12.7 Å². The van der Waals surface area contributed by atoms with Crippen LogP contribution in [-0.2, 0) is 4.74 Å². The summed E-state index contributed by atoms with van der Waals surface area (Å²) in [5.74, 6) is 0.670. The van der Waals surface area contributed by atoms with Crippen LogP contribution in [0.2, 0.25) is 5.02 Å². The maximum Gasteiger partial charge on any atom is 0.319 e. The number of aliphatic hydroxyl groups is 1. The zero-order valence-electron chi connectivity index (χ0n) is 11.1. The summed E-state index contributed by atoms with van der Waals surface area (Å²) >= 11 is 5.75. The minimum Gasteiger partial charge on any atom is -0.389 e. The molecule has 3 N–H and O–H groups in total. The standard InChI is InChI=1S/C14H19ClN2O3/c15-11-3-5-12(6-4-11)17-14(19)16-7-13(18)9-20-8-10-1-2-10/h3-6,10,13,18H,1-2,7-9H2,(H2,16,17,19)/t13-/m1/s1. The molecule has 1 fully saturated rings. The molecule has 5 nitrogen and oxygen atoms in total. The number of benzene rings is 1. The lowest BCUT2D eigenvalue weighted by Gasteiger charge is -2.13. The summed E-state index contributed by atoms with van der Waals surface area (Å²) in [6.45, 7) is 1.11. The van der Waals surface area contributed by atoms with Gasteiger partial charge in [0.25, 0.3) is 0 Å². The minimum absolute atomic E-state index is 0.157. The summed E-state index contributed by atoms with van der Waals surface area (Å²) in [4.78, 5) is 11.6. The summed E-state index contributed by atoms with van der Waals surface area (Å²) in [5, 5.41) is 15.5. The highest BCUT2D eigenvalue weighted by Crippen LogP contribution is 2.28. The van der Waals surface area contributed by atoms with Crippen molar-refractivity contribution in [3.05, 3.63) is 29.3 Å². The first kappa shape index (κ1) is 15.1. The Morgan fingerprint density at radius 2 is 2.10 bits per heavy atom. The van der Waals surface area contributed by atoms with Crippen molar-refractivity contribution < 1.29 is 14.6 Å². The molecule has 1 saturated carbocycles. The van der Waals surface area contributed by atoms with Gasteiger partial charge in [0.2, 0.25) is 0 Å². The number of hydrogen-bond donors (Lipinski definition) is 3. The molecule has 0 bridgehead atoms. The largest absolute Gasteiger partial charge is 0.389 e. The van der Waals surface area contributed by atoms with Crippen LogP contribution in [0.15, 0.2) is 24.3 Å². The van der Waals surface area contributed by atoms with E-state index in [1.165, 1.54) is 12.8 Å². The summed E-state index contributed by atoms with van der Waals surface area (Å²) < 4.78 is 5.35. The normalized spacial score (nSPS) is 15.7. The number of nitrogens with one attached hydrogen (secondary N) is 2. The predicted molar refractivity (Wildman–Crippen MR) is 78.0 cm³/mol. The average molecular weight is 299 g/mol. The summed E-state index contributed by atoms with van der Waals surface area (Å²) in [7, 11) is 0. The third kappa shape index (κ3) is 5.77. The van der Waals surface area contributed by atoms with E-state index in [4.69, 9.17) is 16.3 Å². The molecule has 1 aromatic carbocycles. The molecule has 2 rings (SSSR count). The van der Waals surface area contributed by atoms with Crippen LogP contribution in [0.4, 0.5) is 10.5 Å². The Balaban J connectivity index is 1.59. The average Bonchev–Trinajstić information content (AvgIpc) is 3.23. The van der Waals surface area contributed by atoms with E-state index in [0.29, 0.717) is 23.2 Å². The third-order valence-corrected chi connectivity index (χ3v) is 3.21. The fourth-order valence-electron chi connectivity index (χ4n) is 1.63. The maximum atomic E-state index is 11.6. The van der Waals surface area contributed by atoms with Gasteiger partial charge in [0.15, 0.2) is 0 Å². The van der Waals surface area contributed by atoms with Crippen molar-refractivity contribution in [1.82, 2.24) is 5.32 Å². The Morgan fingerprint density at radius 3 is 2.75 bits per heavy atom. The molecule has 1 aliphatic rings. The Labute approximate surface area is 123 Å². The molecule has 0 aromatic heterocycles. The number of ether oxygens (including phenoxy) is 1. The van der Waals surface area contributed by atoms with Gasteiger partial charge in [-0.25, -0.2) is 4.79 Å². The first-order valence-electron chi connectivity index (χ1n) is 6.69. The monoisotopic (exact) mass is 298 g/mol. The maximum absolute atomic E-state index is 11.6. The van der Waals surface area contributed by atoms with Gasteiger partial charge in [-0.1, -0.05) is 11.6 Å². The number of halogens is 1. The predicted octanol–water partition coefficient (Wildman–Crippen LogP) is 2.25. The Kier molecular flexibility index (Phi) is 5.64. The van der Waals surface area contributed by atoms with Crippen LogP contribution in [0.5, 0.6) is 0 Å². The Bertz CT molecular complexity index is 435. The fourth-order valence-corrected chi connectivity index (χ4v) is 1.76. The van der Waals surface area contributed by atoms with E-state index >= 15 is 0 Å². The SMILES string of the molecule is O=C(NC[C@@H](O)COCC1CC1)Nc1ccc(Cl)cc1. The Morgan fingerprint density at radius 1 is 1.40 bits per heavy atom. The molecule has 20 heavy (non-hydrogen) atoms. The summed E-state index contributed by atoms with van der Waals surface area (Å²) in [6, 6.07) is 6.43. The van der Waals surface area contributed by atoms with E-state index in [-0.39, 0.29) is 19.2 Å². The van der Waals surface area contributed by atoms with Crippen LogP contribution >= 0.6 is 11.6 Å². The second kappa shape index (κ2) is 7.47. The lowest BCUT2D eigenvalue weighted by Crippen LogP contribution is -2.37. The molecule has 6 heteroatoms. The van der Waals surface area contributed by atoms with Crippen molar-refractivity contribution in [2.45, 2.75) is 18.9 Å². The van der Waals surface area contributed by atoms with Crippen LogP contribution in [0.3, 0.4) is 0 Å². The van der Waals surface area contributed by atoms with Crippen LogP contribution in [0, 0.1) is 5.92 Å². The van der Waals surface area contributed by atoms with Crippen molar-refractivity contribution in [1.29, 1.82) is 0 Å². The van der Waals surface area contributed by atoms with E-state index in [2.05, 4.69) is 10.6 Å². The van der Waals surface area contributed by atoms with Gasteiger partial charge in [-0.05, 0) is 43.0 Å². The molecule has 1 aromatic rings. The van der Waals surface area contributed by atoms with Gasteiger partial charge in [0.1, 0.15) is 0 Å². The molecule has 0 heterocycles. The van der Waals surface area contributed by atoms with Gasteiger partial charge in [-0.2, -0.15) is 0 Å². The van der Waals surface area contributed by atoms with Crippen molar-refractivity contribution in [2.75, 3.05) is 25.1 Å². The second-order valence-corrected chi connectivity index (χ2v) is 5.41. The van der Waals surface area contributed by atoms with Gasteiger partial charge >= 0.3 is 6.03 Å². The zero-order chi connectivity index (χ0) is 14.4. The minimum atomic E-state index is -0.690. The lowest BCUT2D eigenvalue weighted by molar-refractivity contribution is 0.0339. The van der Waals surface area contributed by atoms with Gasteiger partial charge in [-0.3, -0.25) is 0 Å². The molecule has 2 amide bonds. The molecule has 0 aliphatic heterocycles. The molecule has 0 unspecified atom stereocenters. The number of rotatable bonds is 7. The smallest absolute Gasteiger partial charge is 0.319 e. The number of amides is 2. The van der Waals surface area contributed by atoms with E-state index in [1.807, 2.05) is 0 Å². The van der Waals surface area contributed by atoms with E-state index in [1.54, 1.807) is 24.3 Å². The number of aliphatic hydroxyl groups excluding tert-OH is 1. The number of carbonyl (C=O) groups excluding carboxylic acids is 1. The molecule has 0 spiro atoms. The lowest BCUT2D eigenvalue weighted by atomic mass is 10.3. The van der Waals surface area contributed by atoms with Gasteiger partial charge < -0.3 is 20.5 Å². The van der Waals surface area contributed by atoms with Crippen molar-refractivity contribution in [3.8, 4) is 0 Å². The van der Waals surface area contributed by atoms with Gasteiger partial charge in [0, 0.05) is 23.9 Å². The van der Waals surface area contributed by atoms with Crippen LogP contribution in [0.1, 0.15) is 12.8 Å². The first-order valence-corrected chi connectivity index (χ1v) is 7.07. The van der Waals surface area contributed by atoms with Gasteiger partial charge in [-0.15, -0.1) is 0 Å². The van der Waals surface area contributed by atoms with Crippen LogP contribution < -0.4 is 10.6 Å². The quantitative estimate of drug-likeness (QED) is 0.723. The number of carbonyl (C=O) groups is 1. The zero-order valence-corrected chi connectivity index (χ0v) is 11.9. The number of hydrogen-bond acceptors (Lipinski definition) is 3. The molecular formula is C14H19ClN2O3. The van der Waals surface area contributed by atoms with Crippen molar-refractivity contribution >= 4 is 23.3 Å².